The van der Waals surface area contributed by atoms with E-state index in [-0.39, 0.29) is 5.00 Å². The Morgan fingerprint density at radius 3 is 3.18 bits per heavy atom. The number of nitrogens with zero attached hydrogens (tertiary/aromatic N) is 4. The fraction of sp³-hybridized carbons (Fsp3) is 0. The van der Waals surface area contributed by atoms with E-state index in [4.69, 9.17) is 0 Å². The summed E-state index contributed by atoms with van der Waals surface area (Å²) in [6.45, 7) is 0. The van der Waals surface area contributed by atoms with Gasteiger partial charge in [0, 0.05) is 23.2 Å². The predicted octanol–water partition coefficient (Wildman–Crippen LogP) is 2.17. The lowest BCUT2D eigenvalue weighted by molar-refractivity contribution is -0.380. The van der Waals surface area contributed by atoms with Gasteiger partial charge in [-0.25, -0.2) is 9.50 Å². The summed E-state index contributed by atoms with van der Waals surface area (Å²) in [7, 11) is 0. The van der Waals surface area contributed by atoms with Gasteiger partial charge in [-0.15, -0.1) is 0 Å². The van der Waals surface area contributed by atoms with Gasteiger partial charge in [0.2, 0.25) is 0 Å². The van der Waals surface area contributed by atoms with Crippen molar-refractivity contribution in [3.8, 4) is 11.3 Å². The van der Waals surface area contributed by atoms with Crippen molar-refractivity contribution in [2.45, 2.75) is 0 Å². The van der Waals surface area contributed by atoms with E-state index in [1.165, 1.54) is 12.3 Å². The molecule has 3 rings (SSSR count). The standard InChI is InChI=1S/C10H5N4O2S/c15-14(16)10-5-7(6-17-10)8-1-3-11-9-2-4-12-13(8)9/h1,3-6H. The van der Waals surface area contributed by atoms with Crippen molar-refractivity contribution >= 4 is 22.0 Å². The highest BCUT2D eigenvalue weighted by atomic mass is 32.1. The molecule has 0 saturated heterocycles. The number of rotatable bonds is 2. The average molecular weight is 245 g/mol. The van der Waals surface area contributed by atoms with Gasteiger partial charge in [0.1, 0.15) is 0 Å². The zero-order valence-electron chi connectivity index (χ0n) is 8.40. The first-order valence-electron chi connectivity index (χ1n) is 4.69. The average Bonchev–Trinajstić information content (AvgIpc) is 2.97. The molecule has 0 fully saturated rings. The third-order valence-electron chi connectivity index (χ3n) is 2.29. The monoisotopic (exact) mass is 245 g/mol. The van der Waals surface area contributed by atoms with Crippen molar-refractivity contribution in [3.63, 3.8) is 0 Å². The molecular weight excluding hydrogens is 240 g/mol. The molecule has 3 aromatic heterocycles. The molecule has 0 N–H and O–H groups in total. The summed E-state index contributed by atoms with van der Waals surface area (Å²) in [6, 6.07) is 6.16. The molecule has 3 heterocycles. The van der Waals surface area contributed by atoms with Crippen molar-refractivity contribution in [2.24, 2.45) is 0 Å². The van der Waals surface area contributed by atoms with Crippen LogP contribution in [-0.4, -0.2) is 19.5 Å². The van der Waals surface area contributed by atoms with Crippen LogP contribution in [0.25, 0.3) is 16.9 Å². The molecule has 6 nitrogen and oxygen atoms in total. The highest BCUT2D eigenvalue weighted by Crippen LogP contribution is 2.29. The molecule has 0 aliphatic heterocycles. The molecule has 0 atom stereocenters. The Kier molecular flexibility index (Phi) is 2.12. The van der Waals surface area contributed by atoms with Crippen LogP contribution in [0.4, 0.5) is 5.00 Å². The Hall–Kier alpha value is -2.28. The first-order valence-corrected chi connectivity index (χ1v) is 5.57. The van der Waals surface area contributed by atoms with Gasteiger partial charge in [0.25, 0.3) is 0 Å². The summed E-state index contributed by atoms with van der Waals surface area (Å²) in [4.78, 5) is 14.3. The van der Waals surface area contributed by atoms with Crippen LogP contribution in [0.5, 0.6) is 0 Å². The molecule has 0 aliphatic carbocycles. The molecule has 0 aromatic carbocycles. The largest absolute Gasteiger partial charge is 0.324 e. The summed E-state index contributed by atoms with van der Waals surface area (Å²) in [5.41, 5.74) is 2.11. The minimum Gasteiger partial charge on any atom is -0.258 e. The van der Waals surface area contributed by atoms with Crippen LogP contribution in [0.1, 0.15) is 0 Å². The molecule has 0 aliphatic rings. The Morgan fingerprint density at radius 2 is 2.41 bits per heavy atom. The third kappa shape index (κ3) is 1.56. The van der Waals surface area contributed by atoms with Crippen molar-refractivity contribution in [2.75, 3.05) is 0 Å². The summed E-state index contributed by atoms with van der Waals surface area (Å²) < 4.78 is 1.60. The van der Waals surface area contributed by atoms with Gasteiger partial charge >= 0.3 is 5.00 Å². The van der Waals surface area contributed by atoms with E-state index in [0.717, 1.165) is 22.6 Å². The molecule has 83 valence electrons. The normalized spacial score (nSPS) is 10.8. The van der Waals surface area contributed by atoms with Crippen LogP contribution in [-0.2, 0) is 0 Å². The lowest BCUT2D eigenvalue weighted by Gasteiger charge is -2.00. The molecule has 0 saturated carbocycles. The lowest BCUT2D eigenvalue weighted by atomic mass is 10.2. The SMILES string of the molecule is O=[N+]([O-])c1cc(-c2ccnc3[c]cnn23)cs1. The van der Waals surface area contributed by atoms with Crippen molar-refractivity contribution in [3.05, 3.63) is 46.1 Å². The molecule has 17 heavy (non-hydrogen) atoms. The first-order chi connectivity index (χ1) is 8.25. The van der Waals surface area contributed by atoms with E-state index in [9.17, 15) is 10.1 Å². The van der Waals surface area contributed by atoms with Gasteiger partial charge in [-0.05, 0) is 6.07 Å². The highest BCUT2D eigenvalue weighted by molar-refractivity contribution is 7.13. The van der Waals surface area contributed by atoms with E-state index in [2.05, 4.69) is 16.1 Å². The smallest absolute Gasteiger partial charge is 0.258 e. The predicted molar refractivity (Wildman–Crippen MR) is 61.8 cm³/mol. The fourth-order valence-electron chi connectivity index (χ4n) is 1.55. The molecule has 0 bridgehead atoms. The number of fused-ring (bicyclic) bond motifs is 1. The van der Waals surface area contributed by atoms with Crippen LogP contribution < -0.4 is 0 Å². The second-order valence-corrected chi connectivity index (χ2v) is 4.17. The highest BCUT2D eigenvalue weighted by Gasteiger charge is 2.13. The molecule has 7 heteroatoms. The minimum absolute atomic E-state index is 0.112. The molecule has 1 radical (unpaired) electrons. The minimum atomic E-state index is -0.401. The Labute approximate surface area is 99.3 Å². The summed E-state index contributed by atoms with van der Waals surface area (Å²) in [5, 5.41) is 16.6. The molecule has 3 aromatic rings. The van der Waals surface area contributed by atoms with Gasteiger partial charge in [0.15, 0.2) is 5.65 Å². The molecule has 0 unspecified atom stereocenters. The van der Waals surface area contributed by atoms with E-state index in [1.807, 2.05) is 0 Å². The van der Waals surface area contributed by atoms with E-state index < -0.39 is 4.92 Å². The van der Waals surface area contributed by atoms with Crippen LogP contribution in [0.15, 0.2) is 29.9 Å². The maximum Gasteiger partial charge on any atom is 0.324 e. The van der Waals surface area contributed by atoms with E-state index in [0.29, 0.717) is 5.65 Å². The number of thiophene rings is 1. The van der Waals surface area contributed by atoms with Crippen molar-refractivity contribution < 1.29 is 4.92 Å². The van der Waals surface area contributed by atoms with Gasteiger partial charge in [-0.2, -0.15) is 5.10 Å². The first kappa shape index (κ1) is 9.91. The topological polar surface area (TPSA) is 73.3 Å². The van der Waals surface area contributed by atoms with Crippen LogP contribution in [0, 0.1) is 16.2 Å². The summed E-state index contributed by atoms with van der Waals surface area (Å²) in [5.74, 6) is 0. The Bertz CT molecular complexity index is 703. The number of nitro groups is 1. The fourth-order valence-corrected chi connectivity index (χ4v) is 2.27. The molecule has 0 spiro atoms. The lowest BCUT2D eigenvalue weighted by Crippen LogP contribution is -1.94. The zero-order chi connectivity index (χ0) is 11.8. The third-order valence-corrected chi connectivity index (χ3v) is 3.17. The van der Waals surface area contributed by atoms with Gasteiger partial charge < -0.3 is 0 Å². The second kappa shape index (κ2) is 3.63. The maximum atomic E-state index is 10.6. The maximum absolute atomic E-state index is 10.6. The molecular formula is C10H5N4O2S. The number of hydrogen-bond acceptors (Lipinski definition) is 5. The summed E-state index contributed by atoms with van der Waals surface area (Å²) in [6.07, 6.45) is 3.15. The van der Waals surface area contributed by atoms with Crippen LogP contribution in [0.2, 0.25) is 0 Å². The zero-order valence-corrected chi connectivity index (χ0v) is 9.22. The second-order valence-electron chi connectivity index (χ2n) is 3.29. The molecule has 0 amide bonds. The number of aromatic nitrogens is 3. The van der Waals surface area contributed by atoms with Crippen molar-refractivity contribution in [1.29, 1.82) is 0 Å². The van der Waals surface area contributed by atoms with Crippen molar-refractivity contribution in [1.82, 2.24) is 14.6 Å². The van der Waals surface area contributed by atoms with E-state index >= 15 is 0 Å². The Morgan fingerprint density at radius 1 is 1.53 bits per heavy atom. The number of hydrogen-bond donors (Lipinski definition) is 0. The van der Waals surface area contributed by atoms with E-state index in [1.54, 1.807) is 22.2 Å². The van der Waals surface area contributed by atoms with Gasteiger partial charge in [-0.3, -0.25) is 10.1 Å². The van der Waals surface area contributed by atoms with Crippen LogP contribution >= 0.6 is 11.3 Å². The van der Waals surface area contributed by atoms with Crippen LogP contribution in [0.3, 0.4) is 0 Å². The Balaban J connectivity index is 2.19. The van der Waals surface area contributed by atoms with Gasteiger partial charge in [0.05, 0.1) is 22.9 Å². The summed E-state index contributed by atoms with van der Waals surface area (Å²) >= 11 is 1.09. The van der Waals surface area contributed by atoms with Gasteiger partial charge in [-0.1, -0.05) is 11.3 Å². The quantitative estimate of drug-likeness (QED) is 0.512.